The van der Waals surface area contributed by atoms with Crippen LogP contribution >= 0.6 is 0 Å². The summed E-state index contributed by atoms with van der Waals surface area (Å²) >= 11 is 0. The minimum absolute atomic E-state index is 0.0169. The molecule has 0 aliphatic carbocycles. The van der Waals surface area contributed by atoms with Crippen molar-refractivity contribution in [3.8, 4) is 0 Å². The number of hydrogen-bond donors (Lipinski definition) is 1. The highest BCUT2D eigenvalue weighted by molar-refractivity contribution is 5.79. The Morgan fingerprint density at radius 1 is 1.50 bits per heavy atom. The van der Waals surface area contributed by atoms with Crippen molar-refractivity contribution in [2.45, 2.75) is 19.8 Å². The van der Waals surface area contributed by atoms with Gasteiger partial charge in [-0.2, -0.15) is 8.78 Å². The first kappa shape index (κ1) is 11.3. The molecule has 0 aromatic rings. The maximum atomic E-state index is 11.9. The molecule has 0 bridgehead atoms. The van der Waals surface area contributed by atoms with Crippen LogP contribution < -0.4 is 0 Å². The number of rotatable bonds is 5. The second-order valence-electron chi connectivity index (χ2n) is 2.35. The number of halogens is 2. The van der Waals surface area contributed by atoms with E-state index in [4.69, 9.17) is 5.11 Å². The van der Waals surface area contributed by atoms with E-state index in [2.05, 4.69) is 0 Å². The minimum atomic E-state index is -2.97. The highest BCUT2D eigenvalue weighted by atomic mass is 19.3. The Hall–Kier alpha value is -0.710. The van der Waals surface area contributed by atoms with Crippen LogP contribution in [-0.4, -0.2) is 42.0 Å². The molecule has 0 fully saturated rings. The van der Waals surface area contributed by atoms with Gasteiger partial charge >= 0.3 is 6.43 Å². The third-order valence-corrected chi connectivity index (χ3v) is 1.36. The number of alkyl halides is 2. The number of aliphatic hydroxyl groups excluding tert-OH is 1. The summed E-state index contributed by atoms with van der Waals surface area (Å²) in [6.07, 6.45) is -2.36. The fourth-order valence-corrected chi connectivity index (χ4v) is 0.861. The van der Waals surface area contributed by atoms with Gasteiger partial charge in [0.25, 0.3) is 5.91 Å². The molecule has 0 rings (SSSR count). The summed E-state index contributed by atoms with van der Waals surface area (Å²) < 4.78 is 23.7. The van der Waals surface area contributed by atoms with Crippen molar-refractivity contribution >= 4 is 5.91 Å². The number of carbonyl (C=O) groups is 1. The molecule has 0 aromatic heterocycles. The van der Waals surface area contributed by atoms with Crippen LogP contribution in [-0.2, 0) is 4.79 Å². The molecule has 0 aliphatic rings. The van der Waals surface area contributed by atoms with Crippen molar-refractivity contribution < 1.29 is 18.7 Å². The number of hydrogen-bond acceptors (Lipinski definition) is 2. The molecule has 0 atom stereocenters. The quantitative estimate of drug-likeness (QED) is 0.670. The molecule has 5 heteroatoms. The van der Waals surface area contributed by atoms with E-state index < -0.39 is 12.3 Å². The van der Waals surface area contributed by atoms with Crippen LogP contribution in [0.1, 0.15) is 13.3 Å². The van der Waals surface area contributed by atoms with Gasteiger partial charge < -0.3 is 10.0 Å². The second kappa shape index (κ2) is 5.88. The van der Waals surface area contributed by atoms with Gasteiger partial charge in [0.05, 0.1) is 6.61 Å². The monoisotopic (exact) mass is 181 g/mol. The molecular weight excluding hydrogens is 168 g/mol. The van der Waals surface area contributed by atoms with Gasteiger partial charge in [0.15, 0.2) is 0 Å². The van der Waals surface area contributed by atoms with Gasteiger partial charge in [0.1, 0.15) is 0 Å². The third kappa shape index (κ3) is 3.61. The van der Waals surface area contributed by atoms with Crippen molar-refractivity contribution in [3.05, 3.63) is 0 Å². The zero-order valence-corrected chi connectivity index (χ0v) is 6.96. The summed E-state index contributed by atoms with van der Waals surface area (Å²) in [7, 11) is 0. The van der Waals surface area contributed by atoms with Gasteiger partial charge in [-0.15, -0.1) is 0 Å². The van der Waals surface area contributed by atoms with Gasteiger partial charge in [0, 0.05) is 13.1 Å². The van der Waals surface area contributed by atoms with Crippen molar-refractivity contribution in [1.82, 2.24) is 4.90 Å². The molecule has 0 aliphatic heterocycles. The molecule has 0 unspecified atom stereocenters. The lowest BCUT2D eigenvalue weighted by Gasteiger charge is -2.19. The normalized spacial score (nSPS) is 10.4. The molecule has 1 amide bonds. The molecule has 0 saturated heterocycles. The van der Waals surface area contributed by atoms with E-state index in [9.17, 15) is 13.6 Å². The lowest BCUT2D eigenvalue weighted by atomic mass is 10.4. The van der Waals surface area contributed by atoms with Gasteiger partial charge in [-0.05, 0) is 6.42 Å². The smallest absolute Gasteiger partial charge is 0.315 e. The lowest BCUT2D eigenvalue weighted by molar-refractivity contribution is -0.143. The second-order valence-corrected chi connectivity index (χ2v) is 2.35. The first-order chi connectivity index (χ1) is 5.63. The Morgan fingerprint density at radius 3 is 2.42 bits per heavy atom. The molecule has 1 N–H and O–H groups in total. The van der Waals surface area contributed by atoms with Gasteiger partial charge in [0.2, 0.25) is 0 Å². The molecule has 0 aromatic carbocycles. The zero-order chi connectivity index (χ0) is 9.56. The Bertz CT molecular complexity index is 135. The van der Waals surface area contributed by atoms with E-state index in [1.54, 1.807) is 6.92 Å². The fourth-order valence-electron chi connectivity index (χ4n) is 0.861. The number of aliphatic hydroxyl groups is 1. The molecule has 12 heavy (non-hydrogen) atoms. The van der Waals surface area contributed by atoms with E-state index in [1.165, 1.54) is 0 Å². The zero-order valence-electron chi connectivity index (χ0n) is 6.96. The Balaban J connectivity index is 3.99. The molecule has 0 heterocycles. The predicted molar refractivity (Wildman–Crippen MR) is 40.0 cm³/mol. The van der Waals surface area contributed by atoms with E-state index in [0.29, 0.717) is 6.42 Å². The molecule has 0 radical (unpaired) electrons. The first-order valence-corrected chi connectivity index (χ1v) is 3.81. The maximum absolute atomic E-state index is 11.9. The summed E-state index contributed by atoms with van der Waals surface area (Å²) in [4.78, 5) is 11.7. The SMILES string of the molecule is CCCN(CCO)C(=O)C(F)F. The maximum Gasteiger partial charge on any atom is 0.315 e. The molecule has 3 nitrogen and oxygen atoms in total. The van der Waals surface area contributed by atoms with Crippen LogP contribution in [0, 0.1) is 0 Å². The molecular formula is C7H13F2NO2. The van der Waals surface area contributed by atoms with Crippen LogP contribution in [0.25, 0.3) is 0 Å². The van der Waals surface area contributed by atoms with Gasteiger partial charge in [-0.3, -0.25) is 4.79 Å². The highest BCUT2D eigenvalue weighted by Gasteiger charge is 2.21. The fraction of sp³-hybridized carbons (Fsp3) is 0.857. The van der Waals surface area contributed by atoms with E-state index in [-0.39, 0.29) is 19.7 Å². The van der Waals surface area contributed by atoms with Gasteiger partial charge in [-0.25, -0.2) is 0 Å². The number of nitrogens with zero attached hydrogens (tertiary/aromatic N) is 1. The number of amides is 1. The van der Waals surface area contributed by atoms with Crippen molar-refractivity contribution in [3.63, 3.8) is 0 Å². The topological polar surface area (TPSA) is 40.5 Å². The molecule has 0 saturated carbocycles. The third-order valence-electron chi connectivity index (χ3n) is 1.36. The Morgan fingerprint density at radius 2 is 2.08 bits per heavy atom. The molecule has 0 spiro atoms. The average Bonchev–Trinajstić information content (AvgIpc) is 2.03. The molecule has 72 valence electrons. The van der Waals surface area contributed by atoms with Crippen LogP contribution in [0.15, 0.2) is 0 Å². The lowest BCUT2D eigenvalue weighted by Crippen LogP contribution is -2.38. The van der Waals surface area contributed by atoms with E-state index in [1.807, 2.05) is 0 Å². The summed E-state index contributed by atoms with van der Waals surface area (Å²) in [5.41, 5.74) is 0. The van der Waals surface area contributed by atoms with Gasteiger partial charge in [-0.1, -0.05) is 6.92 Å². The summed E-state index contributed by atoms with van der Waals surface area (Å²) in [6.45, 7) is 1.75. The summed E-state index contributed by atoms with van der Waals surface area (Å²) in [5, 5.41) is 8.46. The minimum Gasteiger partial charge on any atom is -0.395 e. The van der Waals surface area contributed by atoms with Crippen molar-refractivity contribution in [1.29, 1.82) is 0 Å². The summed E-state index contributed by atoms with van der Waals surface area (Å²) in [5.74, 6) is -1.20. The Kier molecular flexibility index (Phi) is 5.53. The Labute approximate surface area is 70.0 Å². The van der Waals surface area contributed by atoms with Crippen LogP contribution in [0.2, 0.25) is 0 Å². The van der Waals surface area contributed by atoms with Crippen molar-refractivity contribution in [2.24, 2.45) is 0 Å². The largest absolute Gasteiger partial charge is 0.395 e. The first-order valence-electron chi connectivity index (χ1n) is 3.81. The highest BCUT2D eigenvalue weighted by Crippen LogP contribution is 2.01. The van der Waals surface area contributed by atoms with Crippen LogP contribution in [0.4, 0.5) is 8.78 Å². The van der Waals surface area contributed by atoms with E-state index >= 15 is 0 Å². The summed E-state index contributed by atoms with van der Waals surface area (Å²) in [6, 6.07) is 0. The average molecular weight is 181 g/mol. The number of carbonyl (C=O) groups excluding carboxylic acids is 1. The van der Waals surface area contributed by atoms with E-state index in [0.717, 1.165) is 4.90 Å². The van der Waals surface area contributed by atoms with Crippen LogP contribution in [0.5, 0.6) is 0 Å². The van der Waals surface area contributed by atoms with Crippen molar-refractivity contribution in [2.75, 3.05) is 19.7 Å². The van der Waals surface area contributed by atoms with Crippen LogP contribution in [0.3, 0.4) is 0 Å². The predicted octanol–water partition coefficient (Wildman–Crippen LogP) is 0.482. The standard InChI is InChI=1S/C7H13F2NO2/c1-2-3-10(4-5-11)7(12)6(8)9/h6,11H,2-5H2,1H3.